The fourth-order valence-corrected chi connectivity index (χ4v) is 1.73. The van der Waals surface area contributed by atoms with Gasteiger partial charge < -0.3 is 0 Å². The third-order valence-corrected chi connectivity index (χ3v) is 3.11. The maximum absolute atomic E-state index is 12.7. The van der Waals surface area contributed by atoms with Crippen LogP contribution in [-0.2, 0) is 4.79 Å². The van der Waals surface area contributed by atoms with E-state index in [0.717, 1.165) is 0 Å². The van der Waals surface area contributed by atoms with Gasteiger partial charge in [-0.05, 0) is 12.8 Å². The van der Waals surface area contributed by atoms with E-state index in [9.17, 15) is 13.6 Å². The highest BCUT2D eigenvalue weighted by atomic mass is 32.2. The maximum Gasteiger partial charge on any atom is 0.247 e. The van der Waals surface area contributed by atoms with E-state index in [-0.39, 0.29) is 18.0 Å². The molecule has 0 saturated heterocycles. The smallest absolute Gasteiger partial charge is 0.247 e. The van der Waals surface area contributed by atoms with Crippen LogP contribution in [0.25, 0.3) is 0 Å². The topological polar surface area (TPSA) is 17.1 Å². The first kappa shape index (κ1) is 13.9. The third kappa shape index (κ3) is 7.30. The van der Waals surface area contributed by atoms with Crippen LogP contribution in [0.2, 0.25) is 0 Å². The Balaban J connectivity index is 3.34. The Hall–Kier alpha value is -0.120. The number of rotatable bonds is 7. The summed E-state index contributed by atoms with van der Waals surface area (Å²) in [4.78, 5) is 10.8. The Bertz CT molecular complexity index is 172. The van der Waals surface area contributed by atoms with Gasteiger partial charge in [-0.3, -0.25) is 4.79 Å². The van der Waals surface area contributed by atoms with Crippen LogP contribution in [0.3, 0.4) is 0 Å². The van der Waals surface area contributed by atoms with Crippen LogP contribution in [0.1, 0.15) is 46.0 Å². The molecule has 0 saturated carbocycles. The second-order valence-electron chi connectivity index (χ2n) is 3.24. The van der Waals surface area contributed by atoms with Crippen LogP contribution in [-0.4, -0.2) is 16.8 Å². The van der Waals surface area contributed by atoms with Crippen molar-refractivity contribution in [3.63, 3.8) is 0 Å². The summed E-state index contributed by atoms with van der Waals surface area (Å²) in [6.45, 7) is 3.30. The Labute approximate surface area is 88.6 Å². The molecule has 0 aliphatic heterocycles. The molecule has 0 atom stereocenters. The molecule has 4 heteroatoms. The van der Waals surface area contributed by atoms with Crippen molar-refractivity contribution in [2.24, 2.45) is 0 Å². The molecule has 0 rings (SSSR count). The van der Waals surface area contributed by atoms with E-state index < -0.39 is 5.92 Å². The molecule has 0 spiro atoms. The third-order valence-electron chi connectivity index (χ3n) is 2.01. The van der Waals surface area contributed by atoms with Gasteiger partial charge in [0, 0.05) is 25.0 Å². The lowest BCUT2D eigenvalue weighted by Crippen LogP contribution is -2.13. The number of hydrogen-bond donors (Lipinski definition) is 0. The summed E-state index contributed by atoms with van der Waals surface area (Å²) in [6, 6.07) is 0. The van der Waals surface area contributed by atoms with Crippen molar-refractivity contribution in [3.8, 4) is 0 Å². The van der Waals surface area contributed by atoms with E-state index in [1.807, 2.05) is 0 Å². The Kier molecular flexibility index (Phi) is 7.15. The number of halogens is 2. The van der Waals surface area contributed by atoms with Crippen LogP contribution in [0.15, 0.2) is 0 Å². The number of hydrogen-bond acceptors (Lipinski definition) is 2. The van der Waals surface area contributed by atoms with Gasteiger partial charge in [0.2, 0.25) is 5.92 Å². The summed E-state index contributed by atoms with van der Waals surface area (Å²) in [6.07, 6.45) is 1.59. The van der Waals surface area contributed by atoms with Crippen molar-refractivity contribution >= 4 is 16.9 Å². The van der Waals surface area contributed by atoms with Gasteiger partial charge in [-0.1, -0.05) is 25.6 Å². The van der Waals surface area contributed by atoms with E-state index >= 15 is 0 Å². The zero-order chi connectivity index (χ0) is 11.0. The van der Waals surface area contributed by atoms with Crippen molar-refractivity contribution in [2.45, 2.75) is 51.9 Å². The van der Waals surface area contributed by atoms with Crippen LogP contribution in [0.4, 0.5) is 8.78 Å². The lowest BCUT2D eigenvalue weighted by atomic mass is 10.1. The normalized spacial score (nSPS) is 11.7. The van der Waals surface area contributed by atoms with Crippen molar-refractivity contribution in [1.82, 2.24) is 0 Å². The molecule has 0 aromatic rings. The second-order valence-corrected chi connectivity index (χ2v) is 4.39. The molecule has 84 valence electrons. The average Bonchev–Trinajstić information content (AvgIpc) is 2.17. The summed E-state index contributed by atoms with van der Waals surface area (Å²) in [5, 5.41) is 0.146. The van der Waals surface area contributed by atoms with Gasteiger partial charge in [0.25, 0.3) is 0 Å². The summed E-state index contributed by atoms with van der Waals surface area (Å²) < 4.78 is 25.5. The lowest BCUT2D eigenvalue weighted by Gasteiger charge is -2.12. The molecule has 0 bridgehead atoms. The minimum Gasteiger partial charge on any atom is -0.287 e. The molecule has 0 aromatic heterocycles. The summed E-state index contributed by atoms with van der Waals surface area (Å²) >= 11 is 1.25. The lowest BCUT2D eigenvalue weighted by molar-refractivity contribution is -0.110. The van der Waals surface area contributed by atoms with Crippen molar-refractivity contribution in [2.75, 3.05) is 5.75 Å². The Morgan fingerprint density at radius 2 is 1.93 bits per heavy atom. The molecule has 0 aliphatic carbocycles. The van der Waals surface area contributed by atoms with Crippen molar-refractivity contribution < 1.29 is 13.6 Å². The van der Waals surface area contributed by atoms with Gasteiger partial charge in [-0.2, -0.15) is 0 Å². The number of alkyl halides is 2. The summed E-state index contributed by atoms with van der Waals surface area (Å²) in [5.41, 5.74) is 0. The van der Waals surface area contributed by atoms with Crippen molar-refractivity contribution in [3.05, 3.63) is 0 Å². The SMILES string of the molecule is CCC(=O)SCCCCC(F)(F)CC. The molecule has 0 aromatic carbocycles. The van der Waals surface area contributed by atoms with E-state index in [1.165, 1.54) is 18.7 Å². The van der Waals surface area contributed by atoms with E-state index in [0.29, 0.717) is 25.0 Å². The molecule has 0 N–H and O–H groups in total. The zero-order valence-corrected chi connectivity index (χ0v) is 9.63. The molecule has 0 unspecified atom stereocenters. The van der Waals surface area contributed by atoms with Gasteiger partial charge in [-0.25, -0.2) is 8.78 Å². The fraction of sp³-hybridized carbons (Fsp3) is 0.900. The molecule has 0 heterocycles. The van der Waals surface area contributed by atoms with Crippen molar-refractivity contribution in [1.29, 1.82) is 0 Å². The van der Waals surface area contributed by atoms with Gasteiger partial charge >= 0.3 is 0 Å². The van der Waals surface area contributed by atoms with Crippen LogP contribution < -0.4 is 0 Å². The van der Waals surface area contributed by atoms with E-state index in [4.69, 9.17) is 0 Å². The van der Waals surface area contributed by atoms with Crippen LogP contribution >= 0.6 is 11.8 Å². The van der Waals surface area contributed by atoms with Gasteiger partial charge in [0.05, 0.1) is 0 Å². The molecule has 0 aliphatic rings. The zero-order valence-electron chi connectivity index (χ0n) is 8.82. The first-order chi connectivity index (χ1) is 6.52. The molecular weight excluding hydrogens is 206 g/mol. The van der Waals surface area contributed by atoms with Crippen LogP contribution in [0, 0.1) is 0 Å². The second kappa shape index (κ2) is 7.21. The monoisotopic (exact) mass is 224 g/mol. The highest BCUT2D eigenvalue weighted by Gasteiger charge is 2.24. The molecule has 0 amide bonds. The number of carbonyl (C=O) groups is 1. The molecule has 0 fully saturated rings. The number of thioether (sulfide) groups is 1. The van der Waals surface area contributed by atoms with Gasteiger partial charge in [-0.15, -0.1) is 0 Å². The number of carbonyl (C=O) groups excluding carboxylic acids is 1. The molecule has 1 nitrogen and oxygen atoms in total. The minimum absolute atomic E-state index is 0.0512. The molecular formula is C10H18F2OS. The maximum atomic E-state index is 12.7. The fourth-order valence-electron chi connectivity index (χ4n) is 0.951. The standard InChI is InChI=1S/C10H18F2OS/c1-3-9(13)14-8-6-5-7-10(11,12)4-2/h3-8H2,1-2H3. The summed E-state index contributed by atoms with van der Waals surface area (Å²) in [7, 11) is 0. The van der Waals surface area contributed by atoms with Crippen LogP contribution in [0.5, 0.6) is 0 Å². The summed E-state index contributed by atoms with van der Waals surface area (Å²) in [5.74, 6) is -1.84. The quantitative estimate of drug-likeness (QED) is 0.611. The highest BCUT2D eigenvalue weighted by molar-refractivity contribution is 8.13. The molecule has 0 radical (unpaired) electrons. The predicted octanol–water partition coefficient (Wildman–Crippen LogP) is 3.87. The first-order valence-corrected chi connectivity index (χ1v) is 6.04. The largest absolute Gasteiger partial charge is 0.287 e. The predicted molar refractivity (Wildman–Crippen MR) is 56.8 cm³/mol. The minimum atomic E-state index is -2.51. The highest BCUT2D eigenvalue weighted by Crippen LogP contribution is 2.25. The average molecular weight is 224 g/mol. The number of unbranched alkanes of at least 4 members (excludes halogenated alkanes) is 1. The Morgan fingerprint density at radius 3 is 2.43 bits per heavy atom. The van der Waals surface area contributed by atoms with E-state index in [1.54, 1.807) is 6.92 Å². The molecule has 14 heavy (non-hydrogen) atoms. The first-order valence-electron chi connectivity index (χ1n) is 5.05. The van der Waals surface area contributed by atoms with E-state index in [2.05, 4.69) is 0 Å². The van der Waals surface area contributed by atoms with Gasteiger partial charge in [0.1, 0.15) is 0 Å². The van der Waals surface area contributed by atoms with Gasteiger partial charge in [0.15, 0.2) is 5.12 Å². The Morgan fingerprint density at radius 1 is 1.29 bits per heavy atom.